The first-order valence-electron chi connectivity index (χ1n) is 7.65. The van der Waals surface area contributed by atoms with Crippen LogP contribution in [0.25, 0.3) is 0 Å². The fourth-order valence-corrected chi connectivity index (χ4v) is 1.75. The van der Waals surface area contributed by atoms with Crippen LogP contribution in [0.5, 0.6) is 0 Å². The summed E-state index contributed by atoms with van der Waals surface area (Å²) in [7, 11) is 0. The van der Waals surface area contributed by atoms with Gasteiger partial charge in [-0.25, -0.2) is 9.59 Å². The fourth-order valence-electron chi connectivity index (χ4n) is 1.75. The molecule has 118 valence electrons. The molecule has 0 N–H and O–H groups in total. The average Bonchev–Trinajstić information content (AvgIpc) is 2.49. The second kappa shape index (κ2) is 14.6. The summed E-state index contributed by atoms with van der Waals surface area (Å²) in [5, 5.41) is 0. The lowest BCUT2D eigenvalue weighted by molar-refractivity contribution is -0.140. The Kier molecular flexibility index (Phi) is 13.4. The summed E-state index contributed by atoms with van der Waals surface area (Å²) in [6.07, 6.45) is 16.5. The van der Waals surface area contributed by atoms with Gasteiger partial charge in [0.25, 0.3) is 0 Å². The molecule has 0 radical (unpaired) electrons. The molecule has 0 bridgehead atoms. The summed E-state index contributed by atoms with van der Waals surface area (Å²) in [6.45, 7) is 2.49. The zero-order valence-corrected chi connectivity index (χ0v) is 12.9. The lowest BCUT2D eigenvalue weighted by Gasteiger charge is -2.02. The van der Waals surface area contributed by atoms with Crippen LogP contribution in [0.2, 0.25) is 0 Å². The first kappa shape index (κ1) is 19.2. The van der Waals surface area contributed by atoms with Crippen molar-refractivity contribution in [3.05, 3.63) is 12.2 Å². The van der Waals surface area contributed by atoms with E-state index < -0.39 is 11.9 Å². The zero-order valence-electron chi connectivity index (χ0n) is 12.9. The summed E-state index contributed by atoms with van der Waals surface area (Å²) in [4.78, 5) is 22.3. The monoisotopic (exact) mass is 294 g/mol. The van der Waals surface area contributed by atoms with E-state index in [0.717, 1.165) is 25.0 Å². The Morgan fingerprint density at radius 1 is 0.905 bits per heavy atom. The highest BCUT2D eigenvalue weighted by atomic mass is 16.5. The van der Waals surface area contributed by atoms with Gasteiger partial charge in [-0.15, -0.1) is 6.42 Å². The molecule has 0 heterocycles. The van der Waals surface area contributed by atoms with Gasteiger partial charge in [0.1, 0.15) is 0 Å². The molecule has 4 nitrogen and oxygen atoms in total. The predicted molar refractivity (Wildman–Crippen MR) is 82.5 cm³/mol. The summed E-state index contributed by atoms with van der Waals surface area (Å²) < 4.78 is 9.54. The number of carbonyl (C=O) groups is 2. The predicted octanol–water partition coefficient (Wildman–Crippen LogP) is 3.40. The van der Waals surface area contributed by atoms with Gasteiger partial charge in [0.15, 0.2) is 6.61 Å². The number of esters is 2. The molecule has 0 saturated heterocycles. The lowest BCUT2D eigenvalue weighted by atomic mass is 10.1. The molecule has 0 aromatic heterocycles. The highest BCUT2D eigenvalue weighted by Gasteiger charge is 2.00. The number of hydrogen-bond donors (Lipinski definition) is 0. The lowest BCUT2D eigenvalue weighted by Crippen LogP contribution is -2.05. The Morgan fingerprint density at radius 2 is 1.43 bits per heavy atom. The van der Waals surface area contributed by atoms with Gasteiger partial charge in [-0.1, -0.05) is 57.8 Å². The van der Waals surface area contributed by atoms with Crippen molar-refractivity contribution >= 4 is 11.9 Å². The van der Waals surface area contributed by atoms with Gasteiger partial charge in [-0.05, 0) is 6.42 Å². The number of carbonyl (C=O) groups excluding carboxylic acids is 2. The van der Waals surface area contributed by atoms with E-state index in [4.69, 9.17) is 11.2 Å². The minimum Gasteiger partial charge on any atom is -0.463 e. The van der Waals surface area contributed by atoms with Crippen LogP contribution in [-0.4, -0.2) is 25.2 Å². The minimum absolute atomic E-state index is 0.101. The number of hydrogen-bond acceptors (Lipinski definition) is 4. The van der Waals surface area contributed by atoms with Crippen molar-refractivity contribution < 1.29 is 19.1 Å². The summed E-state index contributed by atoms with van der Waals surface area (Å²) in [5.41, 5.74) is 0. The molecule has 0 fully saturated rings. The van der Waals surface area contributed by atoms with Crippen LogP contribution in [0.3, 0.4) is 0 Å². The van der Waals surface area contributed by atoms with E-state index in [-0.39, 0.29) is 6.61 Å². The van der Waals surface area contributed by atoms with E-state index in [2.05, 4.69) is 17.6 Å². The molecule has 0 spiro atoms. The standard InChI is InChI=1S/C17H26O4/c1-3-5-6-7-8-9-10-11-15-21-17(19)13-12-16(18)20-14-4-2/h2,12-13H,3,5-11,14-15H2,1H3/b13-12+. The summed E-state index contributed by atoms with van der Waals surface area (Å²) in [5.74, 6) is 0.989. The van der Waals surface area contributed by atoms with E-state index in [1.54, 1.807) is 0 Å². The molecule has 21 heavy (non-hydrogen) atoms. The molecular formula is C17H26O4. The number of terminal acetylenes is 1. The summed E-state index contributed by atoms with van der Waals surface area (Å²) in [6, 6.07) is 0. The van der Waals surface area contributed by atoms with E-state index in [9.17, 15) is 9.59 Å². The third kappa shape index (κ3) is 14.5. The first-order valence-corrected chi connectivity index (χ1v) is 7.65. The van der Waals surface area contributed by atoms with Gasteiger partial charge in [0, 0.05) is 12.2 Å². The van der Waals surface area contributed by atoms with Gasteiger partial charge in [0.2, 0.25) is 0 Å². The molecular weight excluding hydrogens is 268 g/mol. The van der Waals surface area contributed by atoms with Crippen molar-refractivity contribution in [1.82, 2.24) is 0 Å². The van der Waals surface area contributed by atoms with Gasteiger partial charge in [0.05, 0.1) is 6.61 Å². The highest BCUT2D eigenvalue weighted by Crippen LogP contribution is 2.08. The normalized spacial score (nSPS) is 10.3. The van der Waals surface area contributed by atoms with Crippen LogP contribution in [0, 0.1) is 12.3 Å². The Labute approximate surface area is 127 Å². The molecule has 0 saturated carbocycles. The Balaban J connectivity index is 3.43. The largest absolute Gasteiger partial charge is 0.463 e. The third-order valence-corrected chi connectivity index (χ3v) is 2.90. The average molecular weight is 294 g/mol. The van der Waals surface area contributed by atoms with Crippen LogP contribution in [0.1, 0.15) is 58.3 Å². The Hall–Kier alpha value is -1.76. The summed E-state index contributed by atoms with van der Waals surface area (Å²) >= 11 is 0. The van der Waals surface area contributed by atoms with Crippen LogP contribution < -0.4 is 0 Å². The maximum Gasteiger partial charge on any atom is 0.331 e. The molecule has 0 amide bonds. The van der Waals surface area contributed by atoms with Crippen LogP contribution in [0.15, 0.2) is 12.2 Å². The molecule has 4 heteroatoms. The second-order valence-corrected chi connectivity index (χ2v) is 4.79. The Morgan fingerprint density at radius 3 is 2.00 bits per heavy atom. The van der Waals surface area contributed by atoms with Gasteiger partial charge in [-0.3, -0.25) is 0 Å². The molecule has 0 aromatic rings. The first-order chi connectivity index (χ1) is 10.2. The van der Waals surface area contributed by atoms with Crippen molar-refractivity contribution in [2.24, 2.45) is 0 Å². The maximum absolute atomic E-state index is 11.3. The van der Waals surface area contributed by atoms with Crippen molar-refractivity contribution in [2.75, 3.05) is 13.2 Å². The number of rotatable bonds is 12. The molecule has 0 aromatic carbocycles. The van der Waals surface area contributed by atoms with Gasteiger partial charge < -0.3 is 9.47 Å². The molecule has 0 aliphatic heterocycles. The second-order valence-electron chi connectivity index (χ2n) is 4.79. The molecule has 0 unspecified atom stereocenters. The van der Waals surface area contributed by atoms with Gasteiger partial charge >= 0.3 is 11.9 Å². The SMILES string of the molecule is C#CCOC(=O)/C=C/C(=O)OCCCCCCCCCC. The highest BCUT2D eigenvalue weighted by molar-refractivity contribution is 5.91. The van der Waals surface area contributed by atoms with E-state index >= 15 is 0 Å². The molecule has 0 rings (SSSR count). The van der Waals surface area contributed by atoms with Crippen molar-refractivity contribution in [2.45, 2.75) is 58.3 Å². The number of unbranched alkanes of at least 4 members (excludes halogenated alkanes) is 7. The molecule has 0 aliphatic carbocycles. The third-order valence-electron chi connectivity index (χ3n) is 2.90. The van der Waals surface area contributed by atoms with Crippen LogP contribution in [0.4, 0.5) is 0 Å². The number of ether oxygens (including phenoxy) is 2. The topological polar surface area (TPSA) is 52.6 Å². The van der Waals surface area contributed by atoms with Crippen molar-refractivity contribution in [3.8, 4) is 12.3 Å². The van der Waals surface area contributed by atoms with E-state index in [1.807, 2.05) is 0 Å². The van der Waals surface area contributed by atoms with Crippen molar-refractivity contribution in [3.63, 3.8) is 0 Å². The van der Waals surface area contributed by atoms with Gasteiger partial charge in [-0.2, -0.15) is 0 Å². The minimum atomic E-state index is -0.642. The van der Waals surface area contributed by atoms with Crippen LogP contribution in [-0.2, 0) is 19.1 Å². The maximum atomic E-state index is 11.3. The zero-order chi connectivity index (χ0) is 15.8. The van der Waals surface area contributed by atoms with Crippen molar-refractivity contribution in [1.29, 1.82) is 0 Å². The smallest absolute Gasteiger partial charge is 0.331 e. The molecule has 0 aliphatic rings. The van der Waals surface area contributed by atoms with Crippen LogP contribution >= 0.6 is 0 Å². The van der Waals surface area contributed by atoms with E-state index in [0.29, 0.717) is 6.61 Å². The fraction of sp³-hybridized carbons (Fsp3) is 0.647. The quantitative estimate of drug-likeness (QED) is 0.239. The van der Waals surface area contributed by atoms with E-state index in [1.165, 1.54) is 38.5 Å². The Bertz CT molecular complexity index is 352. The molecule has 0 atom stereocenters.